The van der Waals surface area contributed by atoms with Gasteiger partial charge in [-0.25, -0.2) is 17.6 Å². The van der Waals surface area contributed by atoms with E-state index in [1.54, 1.807) is 0 Å². The summed E-state index contributed by atoms with van der Waals surface area (Å²) in [5, 5.41) is 9.75. The third kappa shape index (κ3) is 9.07. The van der Waals surface area contributed by atoms with Crippen LogP contribution in [0.25, 0.3) is 0 Å². The van der Waals surface area contributed by atoms with Gasteiger partial charge in [-0.2, -0.15) is 0 Å². The van der Waals surface area contributed by atoms with Crippen LogP contribution < -0.4 is 17.0 Å². The fraction of sp³-hybridized carbons (Fsp3) is 0.150. The monoisotopic (exact) mass is 538 g/mol. The Morgan fingerprint density at radius 2 is 1.50 bits per heavy atom. The Labute approximate surface area is 209 Å². The molecule has 30 heavy (non-hydrogen) atoms. The van der Waals surface area contributed by atoms with Crippen molar-refractivity contribution >= 4 is 52.0 Å². The molecule has 1 unspecified atom stereocenters. The van der Waals surface area contributed by atoms with Crippen LogP contribution in [0.1, 0.15) is 15.9 Å². The predicted octanol–water partition coefficient (Wildman–Crippen LogP) is 2.19. The second-order valence-electron chi connectivity index (χ2n) is 5.02. The molecule has 0 saturated heterocycles. The van der Waals surface area contributed by atoms with Gasteiger partial charge in [0, 0.05) is 5.56 Å². The first-order chi connectivity index (χ1) is 13.2. The second kappa shape index (κ2) is 16.7. The van der Waals surface area contributed by atoms with Crippen LogP contribution in [0.2, 0.25) is 0 Å². The molecule has 0 aliphatic heterocycles. The van der Waals surface area contributed by atoms with Crippen molar-refractivity contribution < 1.29 is 44.4 Å². The average Bonchev–Trinajstić information content (AvgIpc) is 2.73. The first-order valence-corrected chi connectivity index (χ1v) is 8.59. The van der Waals surface area contributed by atoms with E-state index in [1.807, 2.05) is 0 Å². The van der Waals surface area contributed by atoms with Crippen LogP contribution >= 0.6 is 23.2 Å². The van der Waals surface area contributed by atoms with E-state index in [4.69, 9.17) is 23.2 Å². The van der Waals surface area contributed by atoms with Crippen LogP contribution in [-0.2, 0) is 5.60 Å². The third-order valence-electron chi connectivity index (χ3n) is 3.33. The molecule has 10 heteroatoms. The topological polar surface area (TPSA) is 37.3 Å². The molecule has 2 rings (SSSR count). The minimum absolute atomic E-state index is 0. The van der Waals surface area contributed by atoms with E-state index in [-0.39, 0.29) is 62.9 Å². The number of hydrogen-bond acceptors (Lipinski definition) is 2. The molecule has 0 saturated carbocycles. The summed E-state index contributed by atoms with van der Waals surface area (Å²) >= 11 is 10.6. The minimum Gasteiger partial charge on any atom is -1.00 e. The molecular formula is C20H17BrCl2F4MgO2. The molecule has 0 aromatic heterocycles. The van der Waals surface area contributed by atoms with E-state index in [9.17, 15) is 27.5 Å². The number of aliphatic hydroxyl groups is 1. The summed E-state index contributed by atoms with van der Waals surface area (Å²) in [7, 11) is 0. The molecule has 0 spiro atoms. The molecule has 0 aliphatic carbocycles. The second-order valence-corrected chi connectivity index (χ2v) is 5.56. The van der Waals surface area contributed by atoms with Crippen LogP contribution in [0, 0.1) is 29.8 Å². The Balaban J connectivity index is -0.000000426. The van der Waals surface area contributed by atoms with Crippen molar-refractivity contribution in [1.29, 1.82) is 0 Å². The molecule has 0 radical (unpaired) electrons. The molecular weight excluding hydrogens is 523 g/mol. The van der Waals surface area contributed by atoms with E-state index in [0.29, 0.717) is 0 Å². The van der Waals surface area contributed by atoms with Crippen LogP contribution in [-0.4, -0.2) is 45.7 Å². The van der Waals surface area contributed by atoms with E-state index in [1.165, 1.54) is 24.3 Å². The zero-order valence-corrected chi connectivity index (χ0v) is 20.2. The van der Waals surface area contributed by atoms with Crippen LogP contribution in [0.15, 0.2) is 55.6 Å². The van der Waals surface area contributed by atoms with Gasteiger partial charge in [0.2, 0.25) is 0 Å². The number of carbonyl (C=O) groups is 1. The summed E-state index contributed by atoms with van der Waals surface area (Å²) in [5.41, 5.74) is -2.24. The summed E-state index contributed by atoms with van der Waals surface area (Å²) < 4.78 is 51.3. The maximum Gasteiger partial charge on any atom is 2.00 e. The Kier molecular flexibility index (Phi) is 18.8. The van der Waals surface area contributed by atoms with Crippen LogP contribution in [0.5, 0.6) is 0 Å². The van der Waals surface area contributed by atoms with Crippen molar-refractivity contribution in [1.82, 2.24) is 0 Å². The maximum atomic E-state index is 13.2. The Bertz CT molecular complexity index is 827. The summed E-state index contributed by atoms with van der Waals surface area (Å²) in [5.74, 6) is -5.54. The van der Waals surface area contributed by atoms with Gasteiger partial charge in [0.25, 0.3) is 0 Å². The number of rotatable bonds is 5. The Hall–Kier alpha value is -0.904. The molecule has 0 bridgehead atoms. The van der Waals surface area contributed by atoms with Crippen molar-refractivity contribution in [2.24, 2.45) is 0 Å². The van der Waals surface area contributed by atoms with Crippen molar-refractivity contribution in [3.8, 4) is 0 Å². The van der Waals surface area contributed by atoms with Crippen molar-refractivity contribution in [2.75, 3.05) is 11.8 Å². The minimum atomic E-state index is -1.73. The molecule has 160 valence electrons. The predicted molar refractivity (Wildman–Crippen MR) is 108 cm³/mol. The quantitative estimate of drug-likeness (QED) is 0.158. The van der Waals surface area contributed by atoms with Gasteiger partial charge >= 0.3 is 23.1 Å². The van der Waals surface area contributed by atoms with Crippen molar-refractivity contribution in [3.05, 3.63) is 96.6 Å². The molecule has 0 heterocycles. The van der Waals surface area contributed by atoms with Gasteiger partial charge in [0.1, 0.15) is 5.60 Å². The summed E-state index contributed by atoms with van der Waals surface area (Å²) in [4.78, 5) is 10.8. The SMILES string of the molecule is C=CC(O)(CCl)c1cccc(F)c1F.O=C(CCl)c1cccc(F)c1F.[Br-].[CH-]=C.[Mg+2]. The zero-order valence-electron chi connectivity index (χ0n) is 15.7. The first kappa shape index (κ1) is 33.7. The van der Waals surface area contributed by atoms with Crippen molar-refractivity contribution in [2.45, 2.75) is 5.60 Å². The standard InChI is InChI=1S/C10H9ClF2O.C8H5ClF2O.C2H3.BrH.Mg/c1-2-10(14,6-11)7-4-3-5-8(12)9(7)13;9-4-7(12)5-2-1-3-6(10)8(5)11;1-2;;/h2-5,14H,1,6H2;1-3H,4H2;1H,2H2;1H;/q;;-1;;+2/p-1. The Morgan fingerprint density at radius 1 is 1.03 bits per heavy atom. The Morgan fingerprint density at radius 3 is 1.93 bits per heavy atom. The van der Waals surface area contributed by atoms with E-state index < -0.39 is 34.7 Å². The number of halogens is 7. The number of Topliss-reactive ketones (excluding diaryl/α,β-unsaturated/α-hetero) is 1. The van der Waals surface area contributed by atoms with E-state index in [0.717, 1.165) is 18.2 Å². The summed E-state index contributed by atoms with van der Waals surface area (Å²) in [6.07, 6.45) is 1.08. The number of carbonyl (C=O) groups excluding carboxylic acids is 1. The third-order valence-corrected chi connectivity index (χ3v) is 3.98. The molecule has 1 atom stereocenters. The van der Waals surface area contributed by atoms with Gasteiger partial charge < -0.3 is 28.7 Å². The fourth-order valence-corrected chi connectivity index (χ4v) is 2.26. The van der Waals surface area contributed by atoms with Gasteiger partial charge in [0.15, 0.2) is 29.1 Å². The number of alkyl halides is 2. The molecule has 2 aromatic rings. The van der Waals surface area contributed by atoms with Gasteiger partial charge in [0.05, 0.1) is 17.3 Å². The summed E-state index contributed by atoms with van der Waals surface area (Å²) in [6, 6.07) is 6.94. The summed E-state index contributed by atoms with van der Waals surface area (Å²) in [6.45, 7) is 10.3. The van der Waals surface area contributed by atoms with E-state index in [2.05, 4.69) is 19.7 Å². The number of benzene rings is 2. The molecule has 0 amide bonds. The molecule has 0 fully saturated rings. The molecule has 0 aliphatic rings. The molecule has 2 aromatic carbocycles. The van der Waals surface area contributed by atoms with Gasteiger partial charge in [-0.3, -0.25) is 11.4 Å². The van der Waals surface area contributed by atoms with Gasteiger partial charge in [-0.15, -0.1) is 23.2 Å². The molecule has 2 nitrogen and oxygen atoms in total. The van der Waals surface area contributed by atoms with Crippen LogP contribution in [0.4, 0.5) is 17.6 Å². The zero-order chi connectivity index (χ0) is 21.9. The smallest absolute Gasteiger partial charge is 1.00 e. The van der Waals surface area contributed by atoms with Crippen LogP contribution in [0.3, 0.4) is 0 Å². The average molecular weight is 540 g/mol. The largest absolute Gasteiger partial charge is 2.00 e. The fourth-order valence-electron chi connectivity index (χ4n) is 1.87. The normalized spacial score (nSPS) is 11.0. The van der Waals surface area contributed by atoms with E-state index >= 15 is 0 Å². The number of ketones is 1. The first-order valence-electron chi connectivity index (χ1n) is 7.52. The van der Waals surface area contributed by atoms with Gasteiger partial charge in [-0.05, 0) is 18.2 Å². The maximum absolute atomic E-state index is 13.2. The van der Waals surface area contributed by atoms with Crippen molar-refractivity contribution in [3.63, 3.8) is 0 Å². The number of hydrogen-bond donors (Lipinski definition) is 1. The molecule has 1 N–H and O–H groups in total. The van der Waals surface area contributed by atoms with Gasteiger partial charge in [-0.1, -0.05) is 30.9 Å².